The quantitative estimate of drug-likeness (QED) is 0.673. The Bertz CT molecular complexity index is 393. The summed E-state index contributed by atoms with van der Waals surface area (Å²) in [6.07, 6.45) is 0.232. The van der Waals surface area contributed by atoms with Gasteiger partial charge in [0, 0.05) is 12.6 Å². The summed E-state index contributed by atoms with van der Waals surface area (Å²) in [5.41, 5.74) is 1.12. The first-order valence-corrected chi connectivity index (χ1v) is 7.63. The Kier molecular flexibility index (Phi) is 8.35. The van der Waals surface area contributed by atoms with Gasteiger partial charge in [-0.15, -0.1) is 0 Å². The van der Waals surface area contributed by atoms with E-state index in [1.54, 1.807) is 7.11 Å². The van der Waals surface area contributed by atoms with Crippen LogP contribution in [0.15, 0.2) is 24.3 Å². The van der Waals surface area contributed by atoms with Crippen LogP contribution in [0, 0.1) is 0 Å². The Labute approximate surface area is 128 Å². The molecule has 0 aliphatic carbocycles. The maximum atomic E-state index is 5.99. The summed E-state index contributed by atoms with van der Waals surface area (Å²) in [5, 5.41) is 3.42. The van der Waals surface area contributed by atoms with Gasteiger partial charge in [-0.25, -0.2) is 0 Å². The third kappa shape index (κ3) is 7.46. The molecule has 0 amide bonds. The molecule has 0 radical (unpaired) electrons. The molecule has 1 aromatic rings. The van der Waals surface area contributed by atoms with Crippen molar-refractivity contribution in [3.05, 3.63) is 29.8 Å². The molecule has 0 heterocycles. The zero-order valence-corrected chi connectivity index (χ0v) is 13.9. The molecule has 0 saturated heterocycles. The second-order valence-electron chi connectivity index (χ2n) is 5.62. The van der Waals surface area contributed by atoms with Gasteiger partial charge in [0.05, 0.1) is 32.5 Å². The average molecular weight is 295 g/mol. The van der Waals surface area contributed by atoms with Crippen molar-refractivity contribution in [3.8, 4) is 5.75 Å². The van der Waals surface area contributed by atoms with Crippen LogP contribution >= 0.6 is 0 Å². The minimum atomic E-state index is -0.00161. The zero-order valence-electron chi connectivity index (χ0n) is 13.9. The van der Waals surface area contributed by atoms with Crippen LogP contribution in [0.3, 0.4) is 0 Å². The van der Waals surface area contributed by atoms with Crippen molar-refractivity contribution in [2.75, 3.05) is 26.9 Å². The lowest BCUT2D eigenvalue weighted by Crippen LogP contribution is -2.29. The van der Waals surface area contributed by atoms with Gasteiger partial charge in [-0.05, 0) is 31.5 Å². The van der Waals surface area contributed by atoms with E-state index >= 15 is 0 Å². The smallest absolute Gasteiger partial charge is 0.119 e. The monoisotopic (exact) mass is 295 g/mol. The molecule has 0 fully saturated rings. The fourth-order valence-corrected chi connectivity index (χ4v) is 1.93. The second kappa shape index (κ2) is 9.77. The lowest BCUT2D eigenvalue weighted by atomic mass is 10.1. The Morgan fingerprint density at radius 3 is 2.38 bits per heavy atom. The van der Waals surface area contributed by atoms with Crippen molar-refractivity contribution in [2.24, 2.45) is 0 Å². The third-order valence-electron chi connectivity index (χ3n) is 3.03. The highest BCUT2D eigenvalue weighted by atomic mass is 16.5. The molecule has 120 valence electrons. The summed E-state index contributed by atoms with van der Waals surface area (Å²) in [4.78, 5) is 0. The van der Waals surface area contributed by atoms with E-state index in [0.717, 1.165) is 17.9 Å². The van der Waals surface area contributed by atoms with Crippen LogP contribution in [0.2, 0.25) is 0 Å². The largest absolute Gasteiger partial charge is 0.497 e. The van der Waals surface area contributed by atoms with Gasteiger partial charge < -0.3 is 19.5 Å². The summed E-state index contributed by atoms with van der Waals surface area (Å²) in [6.45, 7) is 10.3. The molecule has 1 N–H and O–H groups in total. The highest BCUT2D eigenvalue weighted by molar-refractivity contribution is 5.30. The first kappa shape index (κ1) is 18.0. The average Bonchev–Trinajstić information content (AvgIpc) is 2.46. The van der Waals surface area contributed by atoms with Gasteiger partial charge in [0.2, 0.25) is 0 Å². The SMILES string of the molecule is COc1cccc(C(CNC(C)C)OCCOC(C)C)c1. The number of benzene rings is 1. The molecule has 1 unspecified atom stereocenters. The summed E-state index contributed by atoms with van der Waals surface area (Å²) in [5.74, 6) is 0.851. The van der Waals surface area contributed by atoms with Gasteiger partial charge in [0.15, 0.2) is 0 Å². The number of nitrogens with one attached hydrogen (secondary N) is 1. The lowest BCUT2D eigenvalue weighted by Gasteiger charge is -2.21. The van der Waals surface area contributed by atoms with Crippen molar-refractivity contribution < 1.29 is 14.2 Å². The predicted molar refractivity (Wildman–Crippen MR) is 85.9 cm³/mol. The Morgan fingerprint density at radius 1 is 1.05 bits per heavy atom. The third-order valence-corrected chi connectivity index (χ3v) is 3.03. The van der Waals surface area contributed by atoms with Crippen molar-refractivity contribution in [1.82, 2.24) is 5.32 Å². The van der Waals surface area contributed by atoms with Gasteiger partial charge in [-0.2, -0.15) is 0 Å². The summed E-state index contributed by atoms with van der Waals surface area (Å²) >= 11 is 0. The molecule has 0 aromatic heterocycles. The second-order valence-corrected chi connectivity index (χ2v) is 5.62. The topological polar surface area (TPSA) is 39.7 Å². The Hall–Kier alpha value is -1.10. The van der Waals surface area contributed by atoms with Gasteiger partial charge >= 0.3 is 0 Å². The van der Waals surface area contributed by atoms with Crippen molar-refractivity contribution in [1.29, 1.82) is 0 Å². The molecular formula is C17H29NO3. The molecule has 4 nitrogen and oxygen atoms in total. The molecule has 0 aliphatic heterocycles. The molecule has 1 aromatic carbocycles. The van der Waals surface area contributed by atoms with E-state index in [0.29, 0.717) is 19.3 Å². The first-order chi connectivity index (χ1) is 10.0. The molecule has 4 heteroatoms. The fourth-order valence-electron chi connectivity index (χ4n) is 1.93. The summed E-state index contributed by atoms with van der Waals surface area (Å²) in [6, 6.07) is 8.45. The summed E-state index contributed by atoms with van der Waals surface area (Å²) < 4.78 is 16.8. The molecule has 1 atom stereocenters. The number of hydrogen-bond acceptors (Lipinski definition) is 4. The Balaban J connectivity index is 2.62. The minimum absolute atomic E-state index is 0.00161. The Morgan fingerprint density at radius 2 is 1.76 bits per heavy atom. The molecule has 1 rings (SSSR count). The van der Waals surface area contributed by atoms with E-state index < -0.39 is 0 Å². The van der Waals surface area contributed by atoms with Crippen LogP contribution in [0.1, 0.15) is 39.4 Å². The molecule has 0 spiro atoms. The molecule has 0 aliphatic rings. The van der Waals surface area contributed by atoms with Gasteiger partial charge in [-0.3, -0.25) is 0 Å². The highest BCUT2D eigenvalue weighted by Gasteiger charge is 2.13. The molecule has 0 bridgehead atoms. The number of methoxy groups -OCH3 is 1. The highest BCUT2D eigenvalue weighted by Crippen LogP contribution is 2.21. The minimum Gasteiger partial charge on any atom is -0.497 e. The number of hydrogen-bond donors (Lipinski definition) is 1. The van der Waals surface area contributed by atoms with E-state index in [9.17, 15) is 0 Å². The molecule has 21 heavy (non-hydrogen) atoms. The van der Waals surface area contributed by atoms with Crippen molar-refractivity contribution in [3.63, 3.8) is 0 Å². The van der Waals surface area contributed by atoms with Crippen molar-refractivity contribution in [2.45, 2.75) is 45.9 Å². The van der Waals surface area contributed by atoms with E-state index in [2.05, 4.69) is 25.2 Å². The zero-order chi connectivity index (χ0) is 15.7. The maximum Gasteiger partial charge on any atom is 0.119 e. The van der Waals surface area contributed by atoms with Gasteiger partial charge in [0.1, 0.15) is 5.75 Å². The fraction of sp³-hybridized carbons (Fsp3) is 0.647. The van der Waals surface area contributed by atoms with E-state index in [4.69, 9.17) is 14.2 Å². The number of rotatable bonds is 10. The van der Waals surface area contributed by atoms with Crippen LogP contribution in [-0.4, -0.2) is 39.0 Å². The van der Waals surface area contributed by atoms with E-state index in [1.165, 1.54) is 0 Å². The predicted octanol–water partition coefficient (Wildman–Crippen LogP) is 3.18. The first-order valence-electron chi connectivity index (χ1n) is 7.63. The standard InChI is InChI=1S/C17H29NO3/c1-13(2)18-12-17(21-10-9-20-14(3)4)15-7-6-8-16(11-15)19-5/h6-8,11,13-14,17-18H,9-10,12H2,1-5H3. The van der Waals surface area contributed by atoms with Crippen LogP contribution < -0.4 is 10.1 Å². The van der Waals surface area contributed by atoms with Crippen LogP contribution in [0.5, 0.6) is 5.75 Å². The van der Waals surface area contributed by atoms with Gasteiger partial charge in [0.25, 0.3) is 0 Å². The summed E-state index contributed by atoms with van der Waals surface area (Å²) in [7, 11) is 1.68. The molecular weight excluding hydrogens is 266 g/mol. The lowest BCUT2D eigenvalue weighted by molar-refractivity contribution is -0.0135. The van der Waals surface area contributed by atoms with Crippen molar-refractivity contribution >= 4 is 0 Å². The normalized spacial score (nSPS) is 12.9. The van der Waals surface area contributed by atoms with Crippen LogP contribution in [0.25, 0.3) is 0 Å². The number of ether oxygens (including phenoxy) is 3. The van der Waals surface area contributed by atoms with E-state index in [1.807, 2.05) is 32.0 Å². The van der Waals surface area contributed by atoms with Gasteiger partial charge in [-0.1, -0.05) is 26.0 Å². The molecule has 0 saturated carbocycles. The van der Waals surface area contributed by atoms with Crippen LogP contribution in [0.4, 0.5) is 0 Å². The van der Waals surface area contributed by atoms with Crippen LogP contribution in [-0.2, 0) is 9.47 Å². The maximum absolute atomic E-state index is 5.99. The van der Waals surface area contributed by atoms with E-state index in [-0.39, 0.29) is 12.2 Å².